The van der Waals surface area contributed by atoms with E-state index < -0.39 is 0 Å². The van der Waals surface area contributed by atoms with E-state index in [2.05, 4.69) is 51.7 Å². The minimum atomic E-state index is 0. The molecule has 0 bridgehead atoms. The molecule has 0 spiro atoms. The Morgan fingerprint density at radius 3 is 2.50 bits per heavy atom. The fourth-order valence-electron chi connectivity index (χ4n) is 3.24. The van der Waals surface area contributed by atoms with Gasteiger partial charge in [0.05, 0.1) is 6.04 Å². The first-order valence-electron chi connectivity index (χ1n) is 9.57. The summed E-state index contributed by atoms with van der Waals surface area (Å²) in [4.78, 5) is 6.93. The van der Waals surface area contributed by atoms with Crippen LogP contribution in [0.3, 0.4) is 0 Å². The highest BCUT2D eigenvalue weighted by Crippen LogP contribution is 2.24. The molecular formula is C20H35IN4O. The van der Waals surface area contributed by atoms with Gasteiger partial charge in [-0.3, -0.25) is 9.89 Å². The van der Waals surface area contributed by atoms with Gasteiger partial charge in [0.1, 0.15) is 0 Å². The minimum absolute atomic E-state index is 0. The number of nitrogens with zero attached hydrogens (tertiary/aromatic N) is 2. The highest BCUT2D eigenvalue weighted by atomic mass is 127. The predicted molar refractivity (Wildman–Crippen MR) is 121 cm³/mol. The molecule has 1 aliphatic rings. The van der Waals surface area contributed by atoms with Gasteiger partial charge in [0.25, 0.3) is 0 Å². The van der Waals surface area contributed by atoms with E-state index in [4.69, 9.17) is 4.74 Å². The summed E-state index contributed by atoms with van der Waals surface area (Å²) in [7, 11) is 1.83. The van der Waals surface area contributed by atoms with E-state index in [1.165, 1.54) is 37.1 Å². The number of rotatable bonds is 9. The largest absolute Gasteiger partial charge is 0.382 e. The summed E-state index contributed by atoms with van der Waals surface area (Å²) in [5, 5.41) is 6.88. The average Bonchev–Trinajstić information content (AvgIpc) is 3.15. The van der Waals surface area contributed by atoms with Crippen LogP contribution in [0.4, 0.5) is 0 Å². The van der Waals surface area contributed by atoms with Crippen molar-refractivity contribution in [2.75, 3.05) is 46.4 Å². The van der Waals surface area contributed by atoms with Gasteiger partial charge in [0.15, 0.2) is 5.96 Å². The van der Waals surface area contributed by atoms with Gasteiger partial charge in [-0.1, -0.05) is 29.8 Å². The Labute approximate surface area is 176 Å². The monoisotopic (exact) mass is 474 g/mol. The van der Waals surface area contributed by atoms with Crippen LogP contribution in [0.5, 0.6) is 0 Å². The van der Waals surface area contributed by atoms with Gasteiger partial charge in [-0.2, -0.15) is 0 Å². The van der Waals surface area contributed by atoms with Crippen molar-refractivity contribution in [3.05, 3.63) is 35.4 Å². The van der Waals surface area contributed by atoms with Gasteiger partial charge < -0.3 is 15.4 Å². The minimum Gasteiger partial charge on any atom is -0.382 e. The van der Waals surface area contributed by atoms with Crippen molar-refractivity contribution >= 4 is 29.9 Å². The molecule has 1 unspecified atom stereocenters. The van der Waals surface area contributed by atoms with Crippen molar-refractivity contribution in [3.8, 4) is 0 Å². The van der Waals surface area contributed by atoms with Crippen LogP contribution in [0.1, 0.15) is 43.4 Å². The molecule has 0 aromatic heterocycles. The summed E-state index contributed by atoms with van der Waals surface area (Å²) in [6.45, 7) is 9.84. The fraction of sp³-hybridized carbons (Fsp3) is 0.650. The molecule has 1 heterocycles. The van der Waals surface area contributed by atoms with E-state index in [1.54, 1.807) is 0 Å². The standard InChI is InChI=1S/C20H34N4O.HI/c1-4-25-15-7-12-22-20(21-3)23-16-19(24-13-5-6-14-24)18-10-8-17(2)9-11-18;/h8-11,19H,4-7,12-16H2,1-3H3,(H2,21,22,23);1H. The Balaban J connectivity index is 0.00000338. The molecule has 0 radical (unpaired) electrons. The number of nitrogens with one attached hydrogen (secondary N) is 2. The average molecular weight is 474 g/mol. The quantitative estimate of drug-likeness (QED) is 0.250. The van der Waals surface area contributed by atoms with Crippen molar-refractivity contribution in [1.29, 1.82) is 0 Å². The molecular weight excluding hydrogens is 439 g/mol. The van der Waals surface area contributed by atoms with Gasteiger partial charge in [-0.15, -0.1) is 24.0 Å². The predicted octanol–water partition coefficient (Wildman–Crippen LogP) is 3.34. The molecule has 0 saturated carbocycles. The molecule has 1 aromatic carbocycles. The second-order valence-corrected chi connectivity index (χ2v) is 6.60. The van der Waals surface area contributed by atoms with Crippen molar-refractivity contribution in [1.82, 2.24) is 15.5 Å². The second kappa shape index (κ2) is 13.3. The van der Waals surface area contributed by atoms with Crippen LogP contribution in [-0.4, -0.2) is 57.3 Å². The van der Waals surface area contributed by atoms with Crippen molar-refractivity contribution in [2.24, 2.45) is 4.99 Å². The lowest BCUT2D eigenvalue weighted by atomic mass is 10.0. The Hall–Kier alpha value is -0.860. The summed E-state index contributed by atoms with van der Waals surface area (Å²) < 4.78 is 5.38. The molecule has 0 amide bonds. The van der Waals surface area contributed by atoms with Crippen LogP contribution >= 0.6 is 24.0 Å². The fourth-order valence-corrected chi connectivity index (χ4v) is 3.24. The van der Waals surface area contributed by atoms with Crippen LogP contribution in [0.25, 0.3) is 0 Å². The summed E-state index contributed by atoms with van der Waals surface area (Å²) >= 11 is 0. The first-order valence-corrected chi connectivity index (χ1v) is 9.57. The van der Waals surface area contributed by atoms with E-state index in [0.29, 0.717) is 6.04 Å². The molecule has 1 saturated heterocycles. The lowest BCUT2D eigenvalue weighted by Crippen LogP contribution is -2.43. The smallest absolute Gasteiger partial charge is 0.191 e. The summed E-state index contributed by atoms with van der Waals surface area (Å²) in [6.07, 6.45) is 3.58. The number of hydrogen-bond donors (Lipinski definition) is 2. The molecule has 6 heteroatoms. The first kappa shape index (κ1) is 23.2. The zero-order chi connectivity index (χ0) is 17.9. The van der Waals surface area contributed by atoms with Crippen LogP contribution in [-0.2, 0) is 4.74 Å². The zero-order valence-electron chi connectivity index (χ0n) is 16.5. The highest BCUT2D eigenvalue weighted by molar-refractivity contribution is 14.0. The number of hydrogen-bond acceptors (Lipinski definition) is 3. The maximum absolute atomic E-state index is 5.38. The summed E-state index contributed by atoms with van der Waals surface area (Å²) in [5.74, 6) is 0.868. The van der Waals surface area contributed by atoms with Gasteiger partial charge in [0, 0.05) is 33.4 Å². The van der Waals surface area contributed by atoms with Crippen molar-refractivity contribution < 1.29 is 4.74 Å². The van der Waals surface area contributed by atoms with E-state index >= 15 is 0 Å². The molecule has 148 valence electrons. The molecule has 1 aliphatic heterocycles. The van der Waals surface area contributed by atoms with Gasteiger partial charge >= 0.3 is 0 Å². The molecule has 1 fully saturated rings. The van der Waals surface area contributed by atoms with Gasteiger partial charge in [-0.05, 0) is 51.8 Å². The van der Waals surface area contributed by atoms with Gasteiger partial charge in [0.2, 0.25) is 0 Å². The first-order chi connectivity index (χ1) is 12.2. The van der Waals surface area contributed by atoms with E-state index in [1.807, 2.05) is 14.0 Å². The third kappa shape index (κ3) is 7.80. The number of halogens is 1. The highest BCUT2D eigenvalue weighted by Gasteiger charge is 2.23. The molecule has 26 heavy (non-hydrogen) atoms. The number of aliphatic imine (C=N–C) groups is 1. The van der Waals surface area contributed by atoms with Gasteiger partial charge in [-0.25, -0.2) is 0 Å². The Morgan fingerprint density at radius 1 is 1.19 bits per heavy atom. The van der Waals surface area contributed by atoms with Crippen LogP contribution in [0, 0.1) is 6.92 Å². The zero-order valence-corrected chi connectivity index (χ0v) is 18.8. The third-order valence-corrected chi connectivity index (χ3v) is 4.69. The second-order valence-electron chi connectivity index (χ2n) is 6.60. The number of ether oxygens (including phenoxy) is 1. The molecule has 1 atom stereocenters. The molecule has 2 N–H and O–H groups in total. The number of benzene rings is 1. The molecule has 1 aromatic rings. The van der Waals surface area contributed by atoms with E-state index in [9.17, 15) is 0 Å². The third-order valence-electron chi connectivity index (χ3n) is 4.69. The van der Waals surface area contributed by atoms with E-state index in [0.717, 1.165) is 38.7 Å². The topological polar surface area (TPSA) is 48.9 Å². The number of guanidine groups is 1. The lowest BCUT2D eigenvalue weighted by Gasteiger charge is -2.29. The van der Waals surface area contributed by atoms with Crippen LogP contribution < -0.4 is 10.6 Å². The molecule has 0 aliphatic carbocycles. The molecule has 2 rings (SSSR count). The number of likely N-dealkylation sites (tertiary alicyclic amines) is 1. The maximum atomic E-state index is 5.38. The SMILES string of the molecule is CCOCCCNC(=NC)NCC(c1ccc(C)cc1)N1CCCC1.I. The van der Waals surface area contributed by atoms with E-state index in [-0.39, 0.29) is 24.0 Å². The Bertz CT molecular complexity index is 515. The summed E-state index contributed by atoms with van der Waals surface area (Å²) in [6, 6.07) is 9.33. The Kier molecular flexibility index (Phi) is 11.9. The van der Waals surface area contributed by atoms with Crippen molar-refractivity contribution in [3.63, 3.8) is 0 Å². The lowest BCUT2D eigenvalue weighted by molar-refractivity contribution is 0.145. The van der Waals surface area contributed by atoms with Crippen molar-refractivity contribution in [2.45, 2.75) is 39.2 Å². The van der Waals surface area contributed by atoms with Crippen LogP contribution in [0.15, 0.2) is 29.3 Å². The number of aryl methyl sites for hydroxylation is 1. The van der Waals surface area contributed by atoms with Crippen LogP contribution in [0.2, 0.25) is 0 Å². The maximum Gasteiger partial charge on any atom is 0.191 e. The summed E-state index contributed by atoms with van der Waals surface area (Å²) in [5.41, 5.74) is 2.69. The Morgan fingerprint density at radius 2 is 1.88 bits per heavy atom. The normalized spacial score (nSPS) is 16.2. The molecule has 5 nitrogen and oxygen atoms in total.